The maximum atomic E-state index is 9.37. The van der Waals surface area contributed by atoms with Crippen molar-refractivity contribution in [2.45, 2.75) is 0 Å². The van der Waals surface area contributed by atoms with Gasteiger partial charge in [-0.2, -0.15) is 5.26 Å². The van der Waals surface area contributed by atoms with E-state index in [0.717, 1.165) is 94.2 Å². The monoisotopic (exact) mass is 701 g/mol. The van der Waals surface area contributed by atoms with Crippen LogP contribution in [0.4, 0.5) is 0 Å². The van der Waals surface area contributed by atoms with Crippen molar-refractivity contribution < 1.29 is 4.42 Å². The molecule has 0 spiro atoms. The fraction of sp³-hybridized carbons (Fsp3) is 0. The van der Waals surface area contributed by atoms with E-state index in [1.807, 2.05) is 84.9 Å². The fourth-order valence-corrected chi connectivity index (χ4v) is 7.60. The van der Waals surface area contributed by atoms with Crippen molar-refractivity contribution in [3.8, 4) is 73.4 Å². The van der Waals surface area contributed by atoms with Crippen LogP contribution in [0.25, 0.3) is 100.0 Å². The summed E-state index contributed by atoms with van der Waals surface area (Å²) in [5.41, 5.74) is 13.9. The van der Waals surface area contributed by atoms with Gasteiger partial charge in [-0.1, -0.05) is 158 Å². The van der Waals surface area contributed by atoms with Crippen LogP contribution in [-0.4, -0.2) is 9.97 Å². The van der Waals surface area contributed by atoms with Gasteiger partial charge in [-0.05, 0) is 69.1 Å². The number of furan rings is 1. The average Bonchev–Trinajstić information content (AvgIpc) is 3.66. The molecule has 0 amide bonds. The highest BCUT2D eigenvalue weighted by molar-refractivity contribution is 6.22. The Bertz CT molecular complexity index is 2990. The zero-order chi connectivity index (χ0) is 36.7. The first-order valence-corrected chi connectivity index (χ1v) is 18.3. The van der Waals surface area contributed by atoms with E-state index in [1.54, 1.807) is 0 Å². The van der Waals surface area contributed by atoms with E-state index in [4.69, 9.17) is 14.4 Å². The number of nitrogens with zero attached hydrogens (tertiary/aromatic N) is 3. The van der Waals surface area contributed by atoms with Gasteiger partial charge >= 0.3 is 0 Å². The molecule has 4 heteroatoms. The predicted molar refractivity (Wildman–Crippen MR) is 224 cm³/mol. The van der Waals surface area contributed by atoms with Crippen molar-refractivity contribution in [1.29, 1.82) is 5.26 Å². The van der Waals surface area contributed by atoms with Gasteiger partial charge in [0.2, 0.25) is 0 Å². The van der Waals surface area contributed by atoms with E-state index in [1.165, 1.54) is 0 Å². The Balaban J connectivity index is 1.02. The minimum Gasteiger partial charge on any atom is -0.455 e. The van der Waals surface area contributed by atoms with Crippen molar-refractivity contribution in [2.75, 3.05) is 0 Å². The van der Waals surface area contributed by atoms with E-state index < -0.39 is 0 Å². The molecule has 8 aromatic carbocycles. The quantitative estimate of drug-likeness (QED) is 0.173. The Morgan fingerprint density at radius 3 is 1.58 bits per heavy atom. The highest BCUT2D eigenvalue weighted by Crippen LogP contribution is 2.43. The first-order chi connectivity index (χ1) is 27.2. The van der Waals surface area contributed by atoms with Crippen LogP contribution in [-0.2, 0) is 0 Å². The summed E-state index contributed by atoms with van der Waals surface area (Å²) in [5, 5.41) is 13.7. The van der Waals surface area contributed by atoms with E-state index in [2.05, 4.69) is 109 Å². The maximum Gasteiger partial charge on any atom is 0.160 e. The summed E-state index contributed by atoms with van der Waals surface area (Å²) < 4.78 is 6.58. The molecule has 2 heterocycles. The lowest BCUT2D eigenvalue weighted by Gasteiger charge is -2.11. The molecule has 0 N–H and O–H groups in total. The van der Waals surface area contributed by atoms with Crippen molar-refractivity contribution in [2.24, 2.45) is 0 Å². The first kappa shape index (κ1) is 32.1. The van der Waals surface area contributed by atoms with E-state index in [-0.39, 0.29) is 0 Å². The molecule has 10 aromatic rings. The van der Waals surface area contributed by atoms with Gasteiger partial charge in [0.15, 0.2) is 5.82 Å². The fourth-order valence-electron chi connectivity index (χ4n) is 7.60. The molecule has 0 aliphatic heterocycles. The molecule has 0 atom stereocenters. The van der Waals surface area contributed by atoms with Gasteiger partial charge in [0.1, 0.15) is 11.2 Å². The van der Waals surface area contributed by atoms with Crippen molar-refractivity contribution in [1.82, 2.24) is 9.97 Å². The van der Waals surface area contributed by atoms with Crippen LogP contribution in [0.5, 0.6) is 0 Å². The number of aromatic nitrogens is 2. The molecule has 0 saturated carbocycles. The molecular formula is C51H31N3O. The van der Waals surface area contributed by atoms with Crippen molar-refractivity contribution >= 4 is 32.7 Å². The average molecular weight is 702 g/mol. The van der Waals surface area contributed by atoms with E-state index >= 15 is 0 Å². The van der Waals surface area contributed by atoms with Crippen LogP contribution in [0.15, 0.2) is 192 Å². The van der Waals surface area contributed by atoms with Gasteiger partial charge in [-0.15, -0.1) is 0 Å². The van der Waals surface area contributed by atoms with Crippen LogP contribution in [0.1, 0.15) is 5.56 Å². The molecule has 0 radical (unpaired) electrons. The van der Waals surface area contributed by atoms with Crippen molar-refractivity contribution in [3.63, 3.8) is 0 Å². The normalized spacial score (nSPS) is 11.3. The van der Waals surface area contributed by atoms with Gasteiger partial charge in [0.05, 0.1) is 23.0 Å². The third kappa shape index (κ3) is 5.81. The Morgan fingerprint density at radius 2 is 0.927 bits per heavy atom. The second kappa shape index (κ2) is 13.4. The summed E-state index contributed by atoms with van der Waals surface area (Å²) in [7, 11) is 0. The van der Waals surface area contributed by atoms with Crippen LogP contribution < -0.4 is 0 Å². The lowest BCUT2D eigenvalue weighted by atomic mass is 9.92. The third-order valence-electron chi connectivity index (χ3n) is 10.4. The molecule has 0 fully saturated rings. The van der Waals surface area contributed by atoms with Crippen LogP contribution in [0.3, 0.4) is 0 Å². The van der Waals surface area contributed by atoms with E-state index in [0.29, 0.717) is 11.4 Å². The molecular weight excluding hydrogens is 671 g/mol. The largest absolute Gasteiger partial charge is 0.455 e. The molecule has 55 heavy (non-hydrogen) atoms. The van der Waals surface area contributed by atoms with Gasteiger partial charge in [-0.25, -0.2) is 9.97 Å². The molecule has 0 bridgehead atoms. The lowest BCUT2D eigenvalue weighted by molar-refractivity contribution is 0.673. The standard InChI is InChI=1S/C51H31N3O/c52-32-33-18-20-36(21-19-33)41-16-9-17-48-49(41)45-30-44(42-14-7-8-15-43(42)50(45)55-48)37-26-22-34(23-27-37)35-24-28-39(29-25-35)47-31-46(38-10-3-1-4-11-38)53-51(54-47)40-12-5-2-6-13-40/h1-31H. The van der Waals surface area contributed by atoms with Gasteiger partial charge in [0, 0.05) is 32.8 Å². The number of hydrogen-bond donors (Lipinski definition) is 0. The minimum absolute atomic E-state index is 0.640. The summed E-state index contributed by atoms with van der Waals surface area (Å²) in [6.07, 6.45) is 0. The first-order valence-electron chi connectivity index (χ1n) is 18.3. The Kier molecular flexibility index (Phi) is 7.83. The second-order valence-electron chi connectivity index (χ2n) is 13.7. The molecule has 2 aromatic heterocycles. The number of hydrogen-bond acceptors (Lipinski definition) is 4. The summed E-state index contributed by atoms with van der Waals surface area (Å²) >= 11 is 0. The topological polar surface area (TPSA) is 62.7 Å². The number of fused-ring (bicyclic) bond motifs is 5. The second-order valence-corrected chi connectivity index (χ2v) is 13.7. The molecule has 0 unspecified atom stereocenters. The van der Waals surface area contributed by atoms with Crippen LogP contribution in [0, 0.1) is 11.3 Å². The zero-order valence-electron chi connectivity index (χ0n) is 29.6. The number of rotatable bonds is 6. The van der Waals surface area contributed by atoms with Gasteiger partial charge in [-0.3, -0.25) is 0 Å². The molecule has 0 saturated heterocycles. The Hall–Kier alpha value is -7.61. The van der Waals surface area contributed by atoms with Crippen molar-refractivity contribution in [3.05, 3.63) is 194 Å². The molecule has 4 nitrogen and oxygen atoms in total. The maximum absolute atomic E-state index is 9.37. The molecule has 256 valence electrons. The third-order valence-corrected chi connectivity index (χ3v) is 10.4. The lowest BCUT2D eigenvalue weighted by Crippen LogP contribution is -1.95. The summed E-state index contributed by atoms with van der Waals surface area (Å²) in [6.45, 7) is 0. The minimum atomic E-state index is 0.640. The summed E-state index contributed by atoms with van der Waals surface area (Å²) in [4.78, 5) is 9.95. The number of nitriles is 1. The molecule has 0 aliphatic carbocycles. The Morgan fingerprint density at radius 1 is 0.400 bits per heavy atom. The molecule has 10 rings (SSSR count). The highest BCUT2D eigenvalue weighted by Gasteiger charge is 2.18. The smallest absolute Gasteiger partial charge is 0.160 e. The number of benzene rings is 8. The Labute approximate surface area is 318 Å². The van der Waals surface area contributed by atoms with Crippen LogP contribution >= 0.6 is 0 Å². The van der Waals surface area contributed by atoms with Gasteiger partial charge < -0.3 is 4.42 Å². The van der Waals surface area contributed by atoms with Crippen LogP contribution in [0.2, 0.25) is 0 Å². The molecule has 0 aliphatic rings. The zero-order valence-corrected chi connectivity index (χ0v) is 29.6. The highest BCUT2D eigenvalue weighted by atomic mass is 16.3. The predicted octanol–water partition coefficient (Wildman–Crippen LogP) is 13.4. The SMILES string of the molecule is N#Cc1ccc(-c2cccc3oc4c5ccccc5c(-c5ccc(-c6ccc(-c7cc(-c8ccccc8)nc(-c8ccccc8)n7)cc6)cc5)cc4c23)cc1. The van der Waals surface area contributed by atoms with Gasteiger partial charge in [0.25, 0.3) is 0 Å². The summed E-state index contributed by atoms with van der Waals surface area (Å²) in [5.74, 6) is 0.705. The van der Waals surface area contributed by atoms with E-state index in [9.17, 15) is 5.26 Å². The summed E-state index contributed by atoms with van der Waals surface area (Å²) in [6, 6.07) is 66.8.